The molecular formula is C10H11ClFN. The highest BCUT2D eigenvalue weighted by atomic mass is 35.5. The first-order valence-corrected chi connectivity index (χ1v) is 4.43. The molecule has 0 spiro atoms. The summed E-state index contributed by atoms with van der Waals surface area (Å²) < 4.78 is 13.1. The Labute approximate surface area is 82.0 Å². The van der Waals surface area contributed by atoms with Crippen LogP contribution in [0.1, 0.15) is 12.0 Å². The minimum Gasteiger partial charge on any atom is -0.330 e. The van der Waals surface area contributed by atoms with Crippen molar-refractivity contribution in [1.29, 1.82) is 0 Å². The number of benzene rings is 1. The maximum Gasteiger partial charge on any atom is 0.130 e. The normalized spacial score (nSPS) is 11.0. The molecule has 0 aliphatic rings. The highest BCUT2D eigenvalue weighted by molar-refractivity contribution is 6.30. The Bertz CT molecular complexity index is 310. The highest BCUT2D eigenvalue weighted by Gasteiger charge is 1.97. The van der Waals surface area contributed by atoms with Crippen LogP contribution in [0, 0.1) is 5.82 Å². The van der Waals surface area contributed by atoms with Crippen LogP contribution in [0.5, 0.6) is 0 Å². The quantitative estimate of drug-likeness (QED) is 0.796. The maximum absolute atomic E-state index is 13.1. The van der Waals surface area contributed by atoms with Gasteiger partial charge in [0.15, 0.2) is 0 Å². The van der Waals surface area contributed by atoms with E-state index in [1.807, 2.05) is 6.08 Å². The molecule has 0 saturated heterocycles. The van der Waals surface area contributed by atoms with E-state index in [4.69, 9.17) is 17.3 Å². The SMILES string of the molecule is NCC/C=C/c1cc(Cl)ccc1F. The molecule has 3 heteroatoms. The third-order valence-corrected chi connectivity index (χ3v) is 1.82. The van der Waals surface area contributed by atoms with Crippen molar-refractivity contribution in [3.05, 3.63) is 40.7 Å². The number of hydrogen-bond acceptors (Lipinski definition) is 1. The van der Waals surface area contributed by atoms with Gasteiger partial charge in [-0.1, -0.05) is 23.8 Å². The largest absolute Gasteiger partial charge is 0.330 e. The second kappa shape index (κ2) is 5.00. The minimum absolute atomic E-state index is 0.266. The zero-order chi connectivity index (χ0) is 9.68. The van der Waals surface area contributed by atoms with Gasteiger partial charge in [0, 0.05) is 10.6 Å². The average molecular weight is 200 g/mol. The smallest absolute Gasteiger partial charge is 0.130 e. The van der Waals surface area contributed by atoms with Crippen LogP contribution in [0.4, 0.5) is 4.39 Å². The molecule has 1 rings (SSSR count). The predicted molar refractivity (Wildman–Crippen MR) is 54.1 cm³/mol. The van der Waals surface area contributed by atoms with Crippen molar-refractivity contribution in [2.45, 2.75) is 6.42 Å². The van der Waals surface area contributed by atoms with Crippen molar-refractivity contribution < 1.29 is 4.39 Å². The molecule has 0 aliphatic carbocycles. The topological polar surface area (TPSA) is 26.0 Å². The molecule has 0 radical (unpaired) electrons. The molecule has 0 unspecified atom stereocenters. The van der Waals surface area contributed by atoms with Crippen LogP contribution in [0.15, 0.2) is 24.3 Å². The summed E-state index contributed by atoms with van der Waals surface area (Å²) in [4.78, 5) is 0. The lowest BCUT2D eigenvalue weighted by molar-refractivity contribution is 0.625. The zero-order valence-electron chi connectivity index (χ0n) is 7.13. The molecule has 0 fully saturated rings. The van der Waals surface area contributed by atoms with Crippen molar-refractivity contribution in [1.82, 2.24) is 0 Å². The Morgan fingerprint density at radius 3 is 2.92 bits per heavy atom. The van der Waals surface area contributed by atoms with Gasteiger partial charge >= 0.3 is 0 Å². The van der Waals surface area contributed by atoms with E-state index in [9.17, 15) is 4.39 Å². The van der Waals surface area contributed by atoms with Crippen LogP contribution in [-0.2, 0) is 0 Å². The van der Waals surface area contributed by atoms with Gasteiger partial charge in [-0.25, -0.2) is 4.39 Å². The third-order valence-electron chi connectivity index (χ3n) is 1.59. The van der Waals surface area contributed by atoms with E-state index in [1.165, 1.54) is 12.1 Å². The molecule has 0 aliphatic heterocycles. The van der Waals surface area contributed by atoms with E-state index in [-0.39, 0.29) is 5.82 Å². The van der Waals surface area contributed by atoms with Gasteiger partial charge in [-0.15, -0.1) is 0 Å². The van der Waals surface area contributed by atoms with Crippen molar-refractivity contribution in [3.8, 4) is 0 Å². The Morgan fingerprint density at radius 1 is 1.46 bits per heavy atom. The summed E-state index contributed by atoms with van der Waals surface area (Å²) in [6.07, 6.45) is 4.26. The van der Waals surface area contributed by atoms with Gasteiger partial charge in [0.2, 0.25) is 0 Å². The first kappa shape index (κ1) is 10.2. The highest BCUT2D eigenvalue weighted by Crippen LogP contribution is 2.16. The summed E-state index contributed by atoms with van der Waals surface area (Å²) in [5, 5.41) is 0.536. The van der Waals surface area contributed by atoms with Gasteiger partial charge in [0.25, 0.3) is 0 Å². The van der Waals surface area contributed by atoms with E-state index in [0.29, 0.717) is 17.1 Å². The Hall–Kier alpha value is -0.860. The van der Waals surface area contributed by atoms with E-state index >= 15 is 0 Å². The summed E-state index contributed by atoms with van der Waals surface area (Å²) in [5.74, 6) is -0.266. The Morgan fingerprint density at radius 2 is 2.23 bits per heavy atom. The van der Waals surface area contributed by atoms with Crippen molar-refractivity contribution in [2.24, 2.45) is 5.73 Å². The van der Waals surface area contributed by atoms with Crippen molar-refractivity contribution in [3.63, 3.8) is 0 Å². The first-order valence-electron chi connectivity index (χ1n) is 4.05. The monoisotopic (exact) mass is 199 g/mol. The predicted octanol–water partition coefficient (Wildman–Crippen LogP) is 2.84. The molecule has 2 N–H and O–H groups in total. The first-order chi connectivity index (χ1) is 6.24. The van der Waals surface area contributed by atoms with Crippen molar-refractivity contribution in [2.75, 3.05) is 6.54 Å². The lowest BCUT2D eigenvalue weighted by Crippen LogP contribution is -1.95. The number of halogens is 2. The molecule has 70 valence electrons. The Kier molecular flexibility index (Phi) is 3.93. The molecule has 13 heavy (non-hydrogen) atoms. The second-order valence-corrected chi connectivity index (χ2v) is 3.08. The molecular weight excluding hydrogens is 189 g/mol. The number of nitrogens with two attached hydrogens (primary N) is 1. The van der Waals surface area contributed by atoms with Gasteiger partial charge in [0.1, 0.15) is 5.82 Å². The lowest BCUT2D eigenvalue weighted by Gasteiger charge is -1.96. The number of hydrogen-bond donors (Lipinski definition) is 1. The fourth-order valence-corrected chi connectivity index (χ4v) is 1.13. The fourth-order valence-electron chi connectivity index (χ4n) is 0.949. The summed E-state index contributed by atoms with van der Waals surface area (Å²) >= 11 is 5.70. The van der Waals surface area contributed by atoms with Crippen LogP contribution in [0.3, 0.4) is 0 Å². The van der Waals surface area contributed by atoms with Crippen LogP contribution < -0.4 is 5.73 Å². The van der Waals surface area contributed by atoms with Crippen molar-refractivity contribution >= 4 is 17.7 Å². The van der Waals surface area contributed by atoms with E-state index < -0.39 is 0 Å². The maximum atomic E-state index is 13.1. The lowest BCUT2D eigenvalue weighted by atomic mass is 10.2. The third kappa shape index (κ3) is 3.17. The average Bonchev–Trinajstić information content (AvgIpc) is 2.11. The van der Waals surface area contributed by atoms with E-state index in [2.05, 4.69) is 0 Å². The van der Waals surface area contributed by atoms with Crippen LogP contribution in [0.25, 0.3) is 6.08 Å². The molecule has 1 aromatic carbocycles. The van der Waals surface area contributed by atoms with Gasteiger partial charge in [-0.3, -0.25) is 0 Å². The fraction of sp³-hybridized carbons (Fsp3) is 0.200. The molecule has 1 aromatic rings. The summed E-state index contributed by atoms with van der Waals surface area (Å²) in [5.41, 5.74) is 5.79. The summed E-state index contributed by atoms with van der Waals surface area (Å²) in [6.45, 7) is 0.568. The van der Waals surface area contributed by atoms with E-state index in [1.54, 1.807) is 12.1 Å². The van der Waals surface area contributed by atoms with Gasteiger partial charge in [-0.05, 0) is 31.2 Å². The molecule has 0 aromatic heterocycles. The minimum atomic E-state index is -0.266. The summed E-state index contributed by atoms with van der Waals surface area (Å²) in [6, 6.07) is 4.46. The standard InChI is InChI=1S/C10H11ClFN/c11-9-4-5-10(12)8(7-9)3-1-2-6-13/h1,3-5,7H,2,6,13H2/b3-1+. The van der Waals surface area contributed by atoms with Gasteiger partial charge in [0.05, 0.1) is 0 Å². The second-order valence-electron chi connectivity index (χ2n) is 2.65. The van der Waals surface area contributed by atoms with E-state index in [0.717, 1.165) is 6.42 Å². The molecule has 0 atom stereocenters. The van der Waals surface area contributed by atoms with Crippen LogP contribution in [0.2, 0.25) is 5.02 Å². The summed E-state index contributed by atoms with van der Waals surface area (Å²) in [7, 11) is 0. The molecule has 0 heterocycles. The van der Waals surface area contributed by atoms with Crippen LogP contribution >= 0.6 is 11.6 Å². The Balaban J connectivity index is 2.81. The van der Waals surface area contributed by atoms with Crippen LogP contribution in [-0.4, -0.2) is 6.54 Å². The molecule has 0 bridgehead atoms. The van der Waals surface area contributed by atoms with Gasteiger partial charge in [-0.2, -0.15) is 0 Å². The molecule has 0 saturated carbocycles. The number of rotatable bonds is 3. The molecule has 1 nitrogen and oxygen atoms in total. The zero-order valence-corrected chi connectivity index (χ0v) is 7.89. The molecule has 0 amide bonds. The van der Waals surface area contributed by atoms with Gasteiger partial charge < -0.3 is 5.73 Å².